The van der Waals surface area contributed by atoms with E-state index in [0.717, 1.165) is 12.3 Å². The van der Waals surface area contributed by atoms with Gasteiger partial charge in [0.25, 0.3) is 0 Å². The van der Waals surface area contributed by atoms with Crippen LogP contribution in [-0.4, -0.2) is 9.97 Å². The molecular weight excluding hydrogens is 217 g/mol. The molecule has 2 rings (SSSR count). The summed E-state index contributed by atoms with van der Waals surface area (Å²) < 4.78 is 44.6. The first-order chi connectivity index (χ1) is 7.97. The standard InChI is InChI=1S/C11H7F3N2/c12-11(13,14)10-4-9(6-16-7-10)8-2-1-3-15-5-8/h1-7H/i3D. The summed E-state index contributed by atoms with van der Waals surface area (Å²) in [5.74, 6) is 0. The fourth-order valence-corrected chi connectivity index (χ4v) is 1.24. The van der Waals surface area contributed by atoms with Crippen LogP contribution in [0.2, 0.25) is 0 Å². The molecule has 0 aliphatic rings. The first-order valence-corrected chi connectivity index (χ1v) is 4.42. The van der Waals surface area contributed by atoms with E-state index in [1.807, 2.05) is 0 Å². The smallest absolute Gasteiger partial charge is 0.264 e. The van der Waals surface area contributed by atoms with E-state index in [-0.39, 0.29) is 6.17 Å². The Morgan fingerprint density at radius 1 is 1.06 bits per heavy atom. The fraction of sp³-hybridized carbons (Fsp3) is 0.0909. The SMILES string of the molecule is [2H]c1ccc(-c2cncc(C(F)(F)F)c2)cn1. The van der Waals surface area contributed by atoms with Gasteiger partial charge in [0.1, 0.15) is 0 Å². The van der Waals surface area contributed by atoms with E-state index in [1.54, 1.807) is 0 Å². The van der Waals surface area contributed by atoms with E-state index in [2.05, 4.69) is 9.97 Å². The molecule has 0 N–H and O–H groups in total. The Morgan fingerprint density at radius 3 is 2.44 bits per heavy atom. The van der Waals surface area contributed by atoms with Crippen molar-refractivity contribution in [2.45, 2.75) is 6.18 Å². The highest BCUT2D eigenvalue weighted by Crippen LogP contribution is 2.30. The maximum atomic E-state index is 12.5. The Balaban J connectivity index is 2.43. The highest BCUT2D eigenvalue weighted by atomic mass is 19.4. The maximum absolute atomic E-state index is 12.5. The molecule has 2 aromatic rings. The van der Waals surface area contributed by atoms with Crippen molar-refractivity contribution in [2.75, 3.05) is 0 Å². The van der Waals surface area contributed by atoms with Crippen LogP contribution in [-0.2, 0) is 6.18 Å². The number of alkyl halides is 3. The molecule has 0 saturated carbocycles. The number of rotatable bonds is 1. The molecular formula is C11H7F3N2. The Morgan fingerprint density at radius 2 is 1.81 bits per heavy atom. The summed E-state index contributed by atoms with van der Waals surface area (Å²) in [4.78, 5) is 7.26. The molecule has 0 atom stereocenters. The fourth-order valence-electron chi connectivity index (χ4n) is 1.24. The zero-order valence-corrected chi connectivity index (χ0v) is 7.99. The number of halogens is 3. The molecule has 0 spiro atoms. The lowest BCUT2D eigenvalue weighted by atomic mass is 10.1. The molecule has 2 nitrogen and oxygen atoms in total. The number of nitrogens with zero attached hydrogens (tertiary/aromatic N) is 2. The van der Waals surface area contributed by atoms with Crippen molar-refractivity contribution in [2.24, 2.45) is 0 Å². The van der Waals surface area contributed by atoms with Crippen LogP contribution in [0.1, 0.15) is 6.93 Å². The van der Waals surface area contributed by atoms with Crippen LogP contribution in [0.5, 0.6) is 0 Å². The Hall–Kier alpha value is -1.91. The van der Waals surface area contributed by atoms with E-state index >= 15 is 0 Å². The summed E-state index contributed by atoms with van der Waals surface area (Å²) in [5, 5.41) is 0. The van der Waals surface area contributed by atoms with Gasteiger partial charge in [-0.1, -0.05) is 6.07 Å². The predicted octanol–water partition coefficient (Wildman–Crippen LogP) is 3.16. The zero-order chi connectivity index (χ0) is 12.5. The summed E-state index contributed by atoms with van der Waals surface area (Å²) in [5.41, 5.74) is 0.0249. The summed E-state index contributed by atoms with van der Waals surface area (Å²) in [6.45, 7) is 0. The Kier molecular flexibility index (Phi) is 2.29. The Labute approximate surface area is 91.2 Å². The van der Waals surface area contributed by atoms with Crippen LogP contribution in [0.4, 0.5) is 13.2 Å². The molecule has 82 valence electrons. The predicted molar refractivity (Wildman–Crippen MR) is 52.5 cm³/mol. The minimum Gasteiger partial charge on any atom is -0.264 e. The molecule has 2 aromatic heterocycles. The summed E-state index contributed by atoms with van der Waals surface area (Å²) in [7, 11) is 0. The summed E-state index contributed by atoms with van der Waals surface area (Å²) in [6.07, 6.45) is -0.898. The monoisotopic (exact) mass is 225 g/mol. The molecule has 5 heteroatoms. The van der Waals surface area contributed by atoms with E-state index in [0.29, 0.717) is 11.1 Å². The van der Waals surface area contributed by atoms with Gasteiger partial charge < -0.3 is 0 Å². The van der Waals surface area contributed by atoms with Gasteiger partial charge in [0.2, 0.25) is 0 Å². The summed E-state index contributed by atoms with van der Waals surface area (Å²) in [6, 6.07) is 3.95. The lowest BCUT2D eigenvalue weighted by Gasteiger charge is -2.07. The molecule has 0 saturated heterocycles. The number of hydrogen-bond acceptors (Lipinski definition) is 2. The minimum atomic E-state index is -4.41. The van der Waals surface area contributed by atoms with Gasteiger partial charge in [0.05, 0.1) is 6.93 Å². The van der Waals surface area contributed by atoms with Gasteiger partial charge in [0.15, 0.2) is 0 Å². The molecule has 0 radical (unpaired) electrons. The maximum Gasteiger partial charge on any atom is 0.417 e. The van der Waals surface area contributed by atoms with Crippen molar-refractivity contribution in [3.63, 3.8) is 0 Å². The highest BCUT2D eigenvalue weighted by Gasteiger charge is 2.31. The molecule has 0 fully saturated rings. The zero-order valence-electron chi connectivity index (χ0n) is 8.99. The van der Waals surface area contributed by atoms with E-state index in [4.69, 9.17) is 1.37 Å². The van der Waals surface area contributed by atoms with Crippen LogP contribution in [0.25, 0.3) is 11.1 Å². The minimum absolute atomic E-state index is 0.0636. The topological polar surface area (TPSA) is 25.8 Å². The van der Waals surface area contributed by atoms with E-state index in [1.165, 1.54) is 24.5 Å². The molecule has 2 heterocycles. The van der Waals surface area contributed by atoms with Gasteiger partial charge in [-0.15, -0.1) is 0 Å². The first kappa shape index (κ1) is 9.33. The van der Waals surface area contributed by atoms with Gasteiger partial charge in [0, 0.05) is 35.9 Å². The van der Waals surface area contributed by atoms with Crippen LogP contribution < -0.4 is 0 Å². The molecule has 0 amide bonds. The van der Waals surface area contributed by atoms with Crippen LogP contribution in [0.15, 0.2) is 43.0 Å². The summed E-state index contributed by atoms with van der Waals surface area (Å²) >= 11 is 0. The largest absolute Gasteiger partial charge is 0.417 e. The number of aromatic nitrogens is 2. The van der Waals surface area contributed by atoms with Gasteiger partial charge in [-0.2, -0.15) is 13.2 Å². The first-order valence-electron chi connectivity index (χ1n) is 4.92. The third kappa shape index (κ3) is 2.18. The van der Waals surface area contributed by atoms with Gasteiger partial charge >= 0.3 is 6.18 Å². The lowest BCUT2D eigenvalue weighted by Crippen LogP contribution is -2.05. The van der Waals surface area contributed by atoms with E-state index in [9.17, 15) is 13.2 Å². The van der Waals surface area contributed by atoms with Crippen LogP contribution >= 0.6 is 0 Å². The van der Waals surface area contributed by atoms with Crippen molar-refractivity contribution in [1.29, 1.82) is 0 Å². The van der Waals surface area contributed by atoms with Gasteiger partial charge in [-0.3, -0.25) is 9.97 Å². The molecule has 0 aliphatic carbocycles. The van der Waals surface area contributed by atoms with Crippen LogP contribution in [0, 0.1) is 0 Å². The molecule has 16 heavy (non-hydrogen) atoms. The number of hydrogen-bond donors (Lipinski definition) is 0. The van der Waals surface area contributed by atoms with Crippen molar-refractivity contribution in [3.05, 3.63) is 48.5 Å². The van der Waals surface area contributed by atoms with Crippen molar-refractivity contribution in [3.8, 4) is 11.1 Å². The highest BCUT2D eigenvalue weighted by molar-refractivity contribution is 5.61. The van der Waals surface area contributed by atoms with Crippen LogP contribution in [0.3, 0.4) is 0 Å². The molecule has 0 unspecified atom stereocenters. The second kappa shape index (κ2) is 3.92. The van der Waals surface area contributed by atoms with E-state index < -0.39 is 11.7 Å². The van der Waals surface area contributed by atoms with Gasteiger partial charge in [-0.05, 0) is 12.1 Å². The lowest BCUT2D eigenvalue weighted by molar-refractivity contribution is -0.137. The van der Waals surface area contributed by atoms with Crippen molar-refractivity contribution < 1.29 is 14.5 Å². The molecule has 0 bridgehead atoms. The normalized spacial score (nSPS) is 12.3. The molecule has 0 aliphatic heterocycles. The molecule has 0 aromatic carbocycles. The van der Waals surface area contributed by atoms with Gasteiger partial charge in [-0.25, -0.2) is 0 Å². The van der Waals surface area contributed by atoms with Crippen molar-refractivity contribution >= 4 is 0 Å². The third-order valence-electron chi connectivity index (χ3n) is 2.01. The van der Waals surface area contributed by atoms with Crippen molar-refractivity contribution in [1.82, 2.24) is 9.97 Å². The average molecular weight is 225 g/mol. The quantitative estimate of drug-likeness (QED) is 0.745. The second-order valence-corrected chi connectivity index (χ2v) is 3.14. The average Bonchev–Trinajstić information content (AvgIpc) is 2.29. The third-order valence-corrected chi connectivity index (χ3v) is 2.01. The Bertz CT molecular complexity index is 523. The second-order valence-electron chi connectivity index (χ2n) is 3.14. The number of pyridine rings is 2.